The highest BCUT2D eigenvalue weighted by molar-refractivity contribution is 5.93. The average Bonchev–Trinajstić information content (AvgIpc) is 2.51. The van der Waals surface area contributed by atoms with Crippen molar-refractivity contribution in [3.05, 3.63) is 59.4 Å². The lowest BCUT2D eigenvalue weighted by molar-refractivity contribution is -0.137. The number of alkyl halides is 3. The molecule has 2 aromatic carbocycles. The van der Waals surface area contributed by atoms with Crippen LogP contribution >= 0.6 is 0 Å². The predicted octanol–water partition coefficient (Wildman–Crippen LogP) is 4.17. The van der Waals surface area contributed by atoms with E-state index in [-0.39, 0.29) is 5.69 Å². The Bertz CT molecular complexity index is 743. The molecule has 0 spiro atoms. The van der Waals surface area contributed by atoms with Crippen molar-refractivity contribution in [2.24, 2.45) is 0 Å². The van der Waals surface area contributed by atoms with Crippen LogP contribution in [0, 0.1) is 17.5 Å². The molecule has 2 aromatic rings. The van der Waals surface area contributed by atoms with Crippen molar-refractivity contribution in [2.45, 2.75) is 6.18 Å². The maximum Gasteiger partial charge on any atom is 0.416 e. The van der Waals surface area contributed by atoms with E-state index in [0.29, 0.717) is 6.07 Å². The van der Waals surface area contributed by atoms with Gasteiger partial charge in [0.15, 0.2) is 17.5 Å². The molecule has 0 aliphatic carbocycles. The fourth-order valence-electron chi connectivity index (χ4n) is 1.79. The van der Waals surface area contributed by atoms with E-state index in [1.165, 1.54) is 0 Å². The highest BCUT2D eigenvalue weighted by Gasteiger charge is 2.29. The number of rotatable bonds is 4. The molecule has 9 heteroatoms. The molecule has 0 unspecified atom stereocenters. The largest absolute Gasteiger partial charge is 0.416 e. The number of nitrogens with one attached hydrogen (secondary N) is 2. The van der Waals surface area contributed by atoms with E-state index in [4.69, 9.17) is 0 Å². The Labute approximate surface area is 132 Å². The zero-order valence-corrected chi connectivity index (χ0v) is 11.8. The van der Waals surface area contributed by atoms with Gasteiger partial charge in [0.25, 0.3) is 0 Å². The lowest BCUT2D eigenvalue weighted by Crippen LogP contribution is -2.22. The molecule has 2 rings (SSSR count). The van der Waals surface area contributed by atoms with Crippen molar-refractivity contribution < 1.29 is 31.1 Å². The smallest absolute Gasteiger partial charge is 0.374 e. The first-order valence-electron chi connectivity index (χ1n) is 6.53. The van der Waals surface area contributed by atoms with Crippen LogP contribution in [0.3, 0.4) is 0 Å². The maximum atomic E-state index is 13.4. The van der Waals surface area contributed by atoms with E-state index in [1.54, 1.807) is 0 Å². The van der Waals surface area contributed by atoms with Crippen LogP contribution in [0.4, 0.5) is 37.7 Å². The number of hydrogen-bond acceptors (Lipinski definition) is 2. The van der Waals surface area contributed by atoms with Crippen molar-refractivity contribution in [3.63, 3.8) is 0 Å². The number of amides is 1. The summed E-state index contributed by atoms with van der Waals surface area (Å²) in [6.45, 7) is -0.497. The van der Waals surface area contributed by atoms with Gasteiger partial charge in [-0.3, -0.25) is 4.79 Å². The molecule has 2 N–H and O–H groups in total. The van der Waals surface area contributed by atoms with Gasteiger partial charge in [-0.2, -0.15) is 13.2 Å². The Morgan fingerprint density at radius 2 is 1.54 bits per heavy atom. The lowest BCUT2D eigenvalue weighted by Gasteiger charge is -2.10. The van der Waals surface area contributed by atoms with Gasteiger partial charge >= 0.3 is 6.18 Å². The topological polar surface area (TPSA) is 41.1 Å². The van der Waals surface area contributed by atoms with Crippen molar-refractivity contribution in [3.8, 4) is 0 Å². The molecule has 0 saturated carbocycles. The van der Waals surface area contributed by atoms with Crippen LogP contribution < -0.4 is 10.6 Å². The molecular formula is C15H10F6N2O. The number of halogens is 6. The summed E-state index contributed by atoms with van der Waals surface area (Å²) in [5.41, 5.74) is -1.19. The molecule has 0 atom stereocenters. The molecule has 24 heavy (non-hydrogen) atoms. The summed E-state index contributed by atoms with van der Waals surface area (Å²) < 4.78 is 76.4. The number of hydrogen-bond donors (Lipinski definition) is 2. The summed E-state index contributed by atoms with van der Waals surface area (Å²) >= 11 is 0. The Morgan fingerprint density at radius 3 is 2.12 bits per heavy atom. The number of carbonyl (C=O) groups is 1. The first-order valence-corrected chi connectivity index (χ1v) is 6.53. The molecule has 0 aliphatic rings. The van der Waals surface area contributed by atoms with Crippen LogP contribution in [-0.2, 0) is 11.0 Å². The number of anilines is 2. The first-order chi connectivity index (χ1) is 11.2. The molecule has 0 saturated heterocycles. The second-order valence-electron chi connectivity index (χ2n) is 4.70. The van der Waals surface area contributed by atoms with Crippen LogP contribution in [0.1, 0.15) is 5.56 Å². The summed E-state index contributed by atoms with van der Waals surface area (Å²) in [6.07, 6.45) is -4.49. The summed E-state index contributed by atoms with van der Waals surface area (Å²) in [5.74, 6) is -5.23. The Morgan fingerprint density at radius 1 is 0.917 bits per heavy atom. The molecule has 1 amide bonds. The van der Waals surface area contributed by atoms with E-state index >= 15 is 0 Å². The number of carbonyl (C=O) groups excluding carboxylic acids is 1. The molecular weight excluding hydrogens is 338 g/mol. The van der Waals surface area contributed by atoms with Crippen molar-refractivity contribution in [2.75, 3.05) is 17.2 Å². The van der Waals surface area contributed by atoms with Gasteiger partial charge in [0.1, 0.15) is 0 Å². The third kappa shape index (κ3) is 4.18. The van der Waals surface area contributed by atoms with Crippen molar-refractivity contribution in [1.29, 1.82) is 0 Å². The summed E-state index contributed by atoms with van der Waals surface area (Å²) in [6, 6.07) is 5.29. The zero-order valence-electron chi connectivity index (χ0n) is 11.8. The molecule has 0 aromatic heterocycles. The van der Waals surface area contributed by atoms with Gasteiger partial charge in [-0.05, 0) is 36.4 Å². The molecule has 128 valence electrons. The molecule has 0 heterocycles. The van der Waals surface area contributed by atoms with E-state index in [0.717, 1.165) is 30.3 Å². The van der Waals surface area contributed by atoms with Crippen LogP contribution in [0.15, 0.2) is 36.4 Å². The van der Waals surface area contributed by atoms with Gasteiger partial charge in [0, 0.05) is 5.69 Å². The quantitative estimate of drug-likeness (QED) is 0.643. The van der Waals surface area contributed by atoms with Crippen LogP contribution in [-0.4, -0.2) is 12.5 Å². The van der Waals surface area contributed by atoms with Crippen LogP contribution in [0.25, 0.3) is 0 Å². The van der Waals surface area contributed by atoms with Gasteiger partial charge in [-0.1, -0.05) is 0 Å². The van der Waals surface area contributed by atoms with Gasteiger partial charge in [0.2, 0.25) is 5.91 Å². The van der Waals surface area contributed by atoms with Crippen molar-refractivity contribution >= 4 is 17.3 Å². The molecule has 0 fully saturated rings. The molecule has 0 bridgehead atoms. The van der Waals surface area contributed by atoms with E-state index in [2.05, 4.69) is 10.6 Å². The fraction of sp³-hybridized carbons (Fsp3) is 0.133. The first kappa shape index (κ1) is 17.6. The van der Waals surface area contributed by atoms with E-state index < -0.39 is 47.3 Å². The minimum atomic E-state index is -4.49. The van der Waals surface area contributed by atoms with Gasteiger partial charge in [0.05, 0.1) is 17.8 Å². The molecule has 3 nitrogen and oxygen atoms in total. The molecule has 0 radical (unpaired) electrons. The van der Waals surface area contributed by atoms with Crippen molar-refractivity contribution in [1.82, 2.24) is 0 Å². The summed E-state index contributed by atoms with van der Waals surface area (Å²) in [5, 5.41) is 4.54. The van der Waals surface area contributed by atoms with Gasteiger partial charge in [-0.25, -0.2) is 13.2 Å². The Hall–Kier alpha value is -2.71. The fourth-order valence-corrected chi connectivity index (χ4v) is 1.79. The third-order valence-electron chi connectivity index (χ3n) is 2.97. The highest BCUT2D eigenvalue weighted by atomic mass is 19.4. The average molecular weight is 348 g/mol. The van der Waals surface area contributed by atoms with Gasteiger partial charge in [-0.15, -0.1) is 0 Å². The summed E-state index contributed by atoms with van der Waals surface area (Å²) in [4.78, 5) is 11.6. The van der Waals surface area contributed by atoms with Gasteiger partial charge < -0.3 is 10.6 Å². The SMILES string of the molecule is O=C(CNc1ccc(F)c(F)c1F)Nc1ccc(C(F)(F)F)cc1. The minimum Gasteiger partial charge on any atom is -0.374 e. The van der Waals surface area contributed by atoms with Crippen LogP contribution in [0.2, 0.25) is 0 Å². The normalized spacial score (nSPS) is 11.2. The summed E-state index contributed by atoms with van der Waals surface area (Å²) in [7, 11) is 0. The van der Waals surface area contributed by atoms with E-state index in [9.17, 15) is 31.1 Å². The lowest BCUT2D eigenvalue weighted by atomic mass is 10.2. The Balaban J connectivity index is 1.95. The Kier molecular flexibility index (Phi) is 5.01. The maximum absolute atomic E-state index is 13.4. The second kappa shape index (κ2) is 6.81. The van der Waals surface area contributed by atoms with Crippen LogP contribution in [0.5, 0.6) is 0 Å². The number of benzene rings is 2. The highest BCUT2D eigenvalue weighted by Crippen LogP contribution is 2.29. The standard InChI is InChI=1S/C15H10F6N2O/c16-10-5-6-11(14(18)13(10)17)22-7-12(24)23-9-3-1-8(2-4-9)15(19,20)21/h1-6,22H,7H2,(H,23,24). The molecule has 0 aliphatic heterocycles. The second-order valence-corrected chi connectivity index (χ2v) is 4.70. The third-order valence-corrected chi connectivity index (χ3v) is 2.97. The zero-order chi connectivity index (χ0) is 17.9. The predicted molar refractivity (Wildman–Crippen MR) is 74.9 cm³/mol. The van der Waals surface area contributed by atoms with E-state index in [1.807, 2.05) is 0 Å². The minimum absolute atomic E-state index is 0.0977. The monoisotopic (exact) mass is 348 g/mol.